The van der Waals surface area contributed by atoms with E-state index in [1.807, 2.05) is 17.6 Å². The van der Waals surface area contributed by atoms with E-state index >= 15 is 0 Å². The molecule has 1 fully saturated rings. The average molecular weight is 245 g/mol. The van der Waals surface area contributed by atoms with Crippen LogP contribution in [0.15, 0.2) is 12.1 Å². The molecule has 0 amide bonds. The topological polar surface area (TPSA) is 55.1 Å². The lowest BCUT2D eigenvalue weighted by molar-refractivity contribution is 0.655. The molecule has 96 valence electrons. The first kappa shape index (κ1) is 11.6. The van der Waals surface area contributed by atoms with E-state index in [-0.39, 0.29) is 0 Å². The van der Waals surface area contributed by atoms with E-state index in [0.717, 1.165) is 24.4 Å². The fraction of sp³-hybridized carbons (Fsp3) is 0.615. The van der Waals surface area contributed by atoms with Crippen molar-refractivity contribution in [1.29, 1.82) is 0 Å². The highest BCUT2D eigenvalue weighted by Gasteiger charge is 2.19. The second kappa shape index (κ2) is 5.02. The van der Waals surface area contributed by atoms with E-state index < -0.39 is 0 Å². The third kappa shape index (κ3) is 2.10. The van der Waals surface area contributed by atoms with Gasteiger partial charge in [-0.05, 0) is 32.0 Å². The van der Waals surface area contributed by atoms with Gasteiger partial charge in [0.05, 0.1) is 5.69 Å². The van der Waals surface area contributed by atoms with E-state index in [2.05, 4.69) is 21.6 Å². The molecule has 0 aromatic carbocycles. The van der Waals surface area contributed by atoms with Crippen LogP contribution in [0.25, 0.3) is 5.65 Å². The van der Waals surface area contributed by atoms with Gasteiger partial charge in [0.1, 0.15) is 0 Å². The first-order chi connectivity index (χ1) is 8.88. The fourth-order valence-electron chi connectivity index (χ4n) is 2.68. The maximum atomic E-state index is 4.73. The number of fused-ring (bicyclic) bond motifs is 1. The van der Waals surface area contributed by atoms with Gasteiger partial charge < -0.3 is 5.32 Å². The molecule has 5 heteroatoms. The zero-order valence-corrected chi connectivity index (χ0v) is 10.8. The number of nitrogens with zero attached hydrogens (tertiary/aromatic N) is 4. The number of rotatable bonds is 4. The SMILES string of the molecule is CNCCc1nnc2ccc(C3CCCC3)nn12. The zero-order chi connectivity index (χ0) is 12.4. The molecule has 0 atom stereocenters. The van der Waals surface area contributed by atoms with Crippen molar-refractivity contribution in [3.05, 3.63) is 23.7 Å². The van der Waals surface area contributed by atoms with Crippen LogP contribution in [0.3, 0.4) is 0 Å². The number of nitrogens with one attached hydrogen (secondary N) is 1. The molecule has 0 aliphatic heterocycles. The van der Waals surface area contributed by atoms with Crippen LogP contribution in [0.4, 0.5) is 0 Å². The summed E-state index contributed by atoms with van der Waals surface area (Å²) in [6, 6.07) is 4.15. The van der Waals surface area contributed by atoms with Crippen LogP contribution in [-0.2, 0) is 6.42 Å². The minimum Gasteiger partial charge on any atom is -0.319 e. The summed E-state index contributed by atoms with van der Waals surface area (Å²) in [5, 5.41) is 16.2. The molecule has 0 radical (unpaired) electrons. The summed E-state index contributed by atoms with van der Waals surface area (Å²) in [6.45, 7) is 0.899. The van der Waals surface area contributed by atoms with Crippen LogP contribution < -0.4 is 5.32 Å². The molecule has 3 rings (SSSR count). The first-order valence-corrected chi connectivity index (χ1v) is 6.74. The monoisotopic (exact) mass is 245 g/mol. The lowest BCUT2D eigenvalue weighted by atomic mass is 10.0. The van der Waals surface area contributed by atoms with Gasteiger partial charge >= 0.3 is 0 Å². The normalized spacial score (nSPS) is 16.7. The molecule has 1 aliphatic carbocycles. The zero-order valence-electron chi connectivity index (χ0n) is 10.8. The van der Waals surface area contributed by atoms with E-state index in [9.17, 15) is 0 Å². The Morgan fingerprint density at radius 3 is 2.89 bits per heavy atom. The average Bonchev–Trinajstić information content (AvgIpc) is 3.05. The van der Waals surface area contributed by atoms with Crippen molar-refractivity contribution in [2.24, 2.45) is 0 Å². The Labute approximate surface area is 107 Å². The van der Waals surface area contributed by atoms with Gasteiger partial charge in [0.15, 0.2) is 11.5 Å². The van der Waals surface area contributed by atoms with Gasteiger partial charge in [0.25, 0.3) is 0 Å². The fourth-order valence-corrected chi connectivity index (χ4v) is 2.68. The number of hydrogen-bond acceptors (Lipinski definition) is 4. The quantitative estimate of drug-likeness (QED) is 0.888. The largest absolute Gasteiger partial charge is 0.319 e. The van der Waals surface area contributed by atoms with Crippen LogP contribution in [0, 0.1) is 0 Å². The maximum absolute atomic E-state index is 4.73. The highest BCUT2D eigenvalue weighted by molar-refractivity contribution is 5.36. The van der Waals surface area contributed by atoms with Crippen LogP contribution >= 0.6 is 0 Å². The van der Waals surface area contributed by atoms with Crippen molar-refractivity contribution in [3.8, 4) is 0 Å². The summed E-state index contributed by atoms with van der Waals surface area (Å²) in [4.78, 5) is 0. The molecule has 0 bridgehead atoms. The Bertz CT molecular complexity index is 527. The Kier molecular flexibility index (Phi) is 3.23. The Morgan fingerprint density at radius 2 is 2.11 bits per heavy atom. The minimum absolute atomic E-state index is 0.633. The van der Waals surface area contributed by atoms with Gasteiger partial charge in [-0.1, -0.05) is 12.8 Å². The van der Waals surface area contributed by atoms with Crippen LogP contribution in [0.1, 0.15) is 43.1 Å². The molecule has 0 spiro atoms. The molecule has 1 N–H and O–H groups in total. The molecular weight excluding hydrogens is 226 g/mol. The number of aromatic nitrogens is 4. The summed E-state index contributed by atoms with van der Waals surface area (Å²) in [6.07, 6.45) is 6.07. The predicted molar refractivity (Wildman–Crippen MR) is 69.6 cm³/mol. The van der Waals surface area contributed by atoms with Crippen LogP contribution in [0.5, 0.6) is 0 Å². The summed E-state index contributed by atoms with van der Waals surface area (Å²) >= 11 is 0. The van der Waals surface area contributed by atoms with Gasteiger partial charge in [-0.15, -0.1) is 10.2 Å². The molecule has 18 heavy (non-hydrogen) atoms. The van der Waals surface area contributed by atoms with E-state index in [1.165, 1.54) is 31.4 Å². The smallest absolute Gasteiger partial charge is 0.177 e. The molecule has 2 aromatic rings. The van der Waals surface area contributed by atoms with E-state index in [1.54, 1.807) is 0 Å². The molecule has 2 aromatic heterocycles. The Balaban J connectivity index is 1.93. The lowest BCUT2D eigenvalue weighted by Gasteiger charge is -2.08. The molecular formula is C13H19N5. The molecule has 2 heterocycles. The van der Waals surface area contributed by atoms with E-state index in [0.29, 0.717) is 5.92 Å². The summed E-state index contributed by atoms with van der Waals surface area (Å²) < 4.78 is 1.91. The number of hydrogen-bond donors (Lipinski definition) is 1. The van der Waals surface area contributed by atoms with Crippen LogP contribution in [-0.4, -0.2) is 33.4 Å². The third-order valence-electron chi connectivity index (χ3n) is 3.72. The van der Waals surface area contributed by atoms with Gasteiger partial charge in [-0.2, -0.15) is 9.61 Å². The standard InChI is InChI=1S/C13H19N5/c1-14-9-8-13-16-15-12-7-6-11(17-18(12)13)10-4-2-3-5-10/h6-7,10,14H,2-5,8-9H2,1H3. The predicted octanol–water partition coefficient (Wildman–Crippen LogP) is 1.54. The van der Waals surface area contributed by atoms with Gasteiger partial charge in [-0.25, -0.2) is 0 Å². The summed E-state index contributed by atoms with van der Waals surface area (Å²) in [5.41, 5.74) is 2.05. The Hall–Kier alpha value is -1.49. The van der Waals surface area contributed by atoms with Crippen molar-refractivity contribution >= 4 is 5.65 Å². The second-order valence-electron chi connectivity index (χ2n) is 4.98. The van der Waals surface area contributed by atoms with Gasteiger partial charge in [-0.3, -0.25) is 0 Å². The van der Waals surface area contributed by atoms with Gasteiger partial charge in [0.2, 0.25) is 0 Å². The molecule has 0 unspecified atom stereocenters. The van der Waals surface area contributed by atoms with E-state index in [4.69, 9.17) is 5.10 Å². The highest BCUT2D eigenvalue weighted by Crippen LogP contribution is 2.32. The second-order valence-corrected chi connectivity index (χ2v) is 4.98. The molecule has 1 saturated carbocycles. The summed E-state index contributed by atoms with van der Waals surface area (Å²) in [7, 11) is 1.95. The lowest BCUT2D eigenvalue weighted by Crippen LogP contribution is -2.13. The number of likely N-dealkylation sites (N-methyl/N-ethyl adjacent to an activating group) is 1. The summed E-state index contributed by atoms with van der Waals surface area (Å²) in [5.74, 6) is 1.58. The van der Waals surface area contributed by atoms with Crippen LogP contribution in [0.2, 0.25) is 0 Å². The minimum atomic E-state index is 0.633. The molecule has 1 aliphatic rings. The van der Waals surface area contributed by atoms with Crippen molar-refractivity contribution in [1.82, 2.24) is 25.1 Å². The van der Waals surface area contributed by atoms with Crippen molar-refractivity contribution in [3.63, 3.8) is 0 Å². The van der Waals surface area contributed by atoms with Crippen molar-refractivity contribution in [2.75, 3.05) is 13.6 Å². The van der Waals surface area contributed by atoms with Crippen molar-refractivity contribution < 1.29 is 0 Å². The Morgan fingerprint density at radius 1 is 1.28 bits per heavy atom. The first-order valence-electron chi connectivity index (χ1n) is 6.74. The maximum Gasteiger partial charge on any atom is 0.177 e. The van der Waals surface area contributed by atoms with Gasteiger partial charge in [0, 0.05) is 18.9 Å². The third-order valence-corrected chi connectivity index (χ3v) is 3.72. The molecule has 0 saturated heterocycles. The highest BCUT2D eigenvalue weighted by atomic mass is 15.4. The van der Waals surface area contributed by atoms with Crippen molar-refractivity contribution in [2.45, 2.75) is 38.0 Å². The molecule has 5 nitrogen and oxygen atoms in total.